The summed E-state index contributed by atoms with van der Waals surface area (Å²) in [5.74, 6) is -0.699. The van der Waals surface area contributed by atoms with Gasteiger partial charge in [-0.1, -0.05) is 30.3 Å². The summed E-state index contributed by atoms with van der Waals surface area (Å²) >= 11 is 1.33. The van der Waals surface area contributed by atoms with Crippen LogP contribution in [0.15, 0.2) is 48.5 Å². The van der Waals surface area contributed by atoms with Gasteiger partial charge >= 0.3 is 0 Å². The van der Waals surface area contributed by atoms with Crippen molar-refractivity contribution < 1.29 is 14.0 Å². The second-order valence-electron chi connectivity index (χ2n) is 7.55. The van der Waals surface area contributed by atoms with Crippen LogP contribution in [0.25, 0.3) is 21.6 Å². The third-order valence-corrected chi connectivity index (χ3v) is 6.57. The van der Waals surface area contributed by atoms with Crippen molar-refractivity contribution in [1.82, 2.24) is 4.90 Å². The van der Waals surface area contributed by atoms with Gasteiger partial charge in [-0.05, 0) is 42.2 Å². The highest BCUT2D eigenvalue weighted by Crippen LogP contribution is 2.40. The predicted molar refractivity (Wildman–Crippen MR) is 118 cm³/mol. The average molecular weight is 434 g/mol. The van der Waals surface area contributed by atoms with Crippen LogP contribution in [0, 0.1) is 17.1 Å². The van der Waals surface area contributed by atoms with Crippen LogP contribution >= 0.6 is 11.3 Å². The summed E-state index contributed by atoms with van der Waals surface area (Å²) in [5, 5.41) is 9.03. The molecule has 5 nitrogen and oxygen atoms in total. The van der Waals surface area contributed by atoms with Gasteiger partial charge < -0.3 is 10.6 Å². The van der Waals surface area contributed by atoms with E-state index < -0.39 is 5.82 Å². The van der Waals surface area contributed by atoms with Gasteiger partial charge in [-0.15, -0.1) is 11.3 Å². The Morgan fingerprint density at radius 3 is 2.58 bits per heavy atom. The van der Waals surface area contributed by atoms with E-state index in [-0.39, 0.29) is 17.5 Å². The Morgan fingerprint density at radius 1 is 1.19 bits per heavy atom. The first-order valence-electron chi connectivity index (χ1n) is 9.94. The van der Waals surface area contributed by atoms with Gasteiger partial charge in [0.1, 0.15) is 18.2 Å². The van der Waals surface area contributed by atoms with Gasteiger partial charge in [-0.2, -0.15) is 5.26 Å². The van der Waals surface area contributed by atoms with Crippen LogP contribution in [0.5, 0.6) is 0 Å². The summed E-state index contributed by atoms with van der Waals surface area (Å²) < 4.78 is 14.3. The number of nitrogens with zero attached hydrogens (tertiary/aromatic N) is 2. The maximum Gasteiger partial charge on any atom is 0.264 e. The van der Waals surface area contributed by atoms with Crippen LogP contribution in [0.2, 0.25) is 0 Å². The highest BCUT2D eigenvalue weighted by atomic mass is 32.1. The summed E-state index contributed by atoms with van der Waals surface area (Å²) in [4.78, 5) is 27.3. The molecule has 1 unspecified atom stereocenters. The molecule has 1 saturated heterocycles. The number of nitriles is 1. The summed E-state index contributed by atoms with van der Waals surface area (Å²) in [6.07, 6.45) is 2.54. The number of nitrogens with two attached hydrogens (primary N) is 1. The third kappa shape index (κ3) is 4.26. The number of amides is 1. The number of carbonyl (C=O) groups excluding carboxylic acids is 2. The van der Waals surface area contributed by atoms with E-state index in [0.29, 0.717) is 34.7 Å². The first-order valence-corrected chi connectivity index (χ1v) is 10.8. The number of thiophene rings is 1. The second kappa shape index (κ2) is 8.80. The normalized spacial score (nSPS) is 16.0. The molecule has 156 valence electrons. The fraction of sp³-hybridized carbons (Fsp3) is 0.208. The summed E-state index contributed by atoms with van der Waals surface area (Å²) in [7, 11) is 0. The monoisotopic (exact) mass is 433 g/mol. The fourth-order valence-electron chi connectivity index (χ4n) is 3.76. The van der Waals surface area contributed by atoms with E-state index in [1.54, 1.807) is 29.2 Å². The molecule has 0 aliphatic carbocycles. The van der Waals surface area contributed by atoms with Crippen molar-refractivity contribution in [2.24, 2.45) is 5.73 Å². The van der Waals surface area contributed by atoms with Gasteiger partial charge in [-0.25, -0.2) is 4.39 Å². The second-order valence-corrected chi connectivity index (χ2v) is 8.61. The number of likely N-dealkylation sites (tertiary alicyclic amines) is 1. The first-order chi connectivity index (χ1) is 15.0. The molecule has 1 atom stereocenters. The quantitative estimate of drug-likeness (QED) is 0.615. The van der Waals surface area contributed by atoms with Gasteiger partial charge in [-0.3, -0.25) is 9.59 Å². The van der Waals surface area contributed by atoms with E-state index in [0.717, 1.165) is 29.6 Å². The lowest BCUT2D eigenvalue weighted by atomic mass is 10.00. The molecule has 7 heteroatoms. The minimum Gasteiger partial charge on any atom is -0.336 e. The molecule has 1 aliphatic heterocycles. The largest absolute Gasteiger partial charge is 0.336 e. The van der Waals surface area contributed by atoms with Crippen LogP contribution in [0.4, 0.5) is 4.39 Å². The van der Waals surface area contributed by atoms with Crippen molar-refractivity contribution in [3.8, 4) is 27.6 Å². The fourth-order valence-corrected chi connectivity index (χ4v) is 4.92. The topological polar surface area (TPSA) is 87.2 Å². The molecule has 0 spiro atoms. The van der Waals surface area contributed by atoms with E-state index in [9.17, 15) is 14.0 Å². The van der Waals surface area contributed by atoms with E-state index >= 15 is 0 Å². The molecule has 2 aromatic carbocycles. The maximum absolute atomic E-state index is 14.3. The lowest BCUT2D eigenvalue weighted by molar-refractivity contribution is 0.0713. The molecule has 3 aromatic rings. The third-order valence-electron chi connectivity index (χ3n) is 5.40. The molecular formula is C24H20FN3O2S. The number of aldehydes is 1. The number of hydrogen-bond acceptors (Lipinski definition) is 5. The highest BCUT2D eigenvalue weighted by Gasteiger charge is 2.25. The molecule has 31 heavy (non-hydrogen) atoms. The van der Waals surface area contributed by atoms with Gasteiger partial charge in [0, 0.05) is 35.1 Å². The van der Waals surface area contributed by atoms with Crippen molar-refractivity contribution >= 4 is 23.5 Å². The van der Waals surface area contributed by atoms with Crippen molar-refractivity contribution in [2.45, 2.75) is 18.9 Å². The number of rotatable bonds is 4. The van der Waals surface area contributed by atoms with E-state index in [1.165, 1.54) is 23.5 Å². The SMILES string of the molecule is N#Cc1ccc(-c2cc(C(=O)N3CCCC(N)C3)sc2-c2ccc(C=O)cc2)cc1F. The molecule has 1 amide bonds. The number of hydrogen-bond donors (Lipinski definition) is 1. The van der Waals surface area contributed by atoms with Gasteiger partial charge in [0.05, 0.1) is 10.4 Å². The lowest BCUT2D eigenvalue weighted by Crippen LogP contribution is -2.45. The zero-order valence-corrected chi connectivity index (χ0v) is 17.5. The molecule has 4 rings (SSSR count). The lowest BCUT2D eigenvalue weighted by Gasteiger charge is -2.30. The van der Waals surface area contributed by atoms with Gasteiger partial charge in [0.15, 0.2) is 0 Å². The van der Waals surface area contributed by atoms with Crippen molar-refractivity contribution in [3.63, 3.8) is 0 Å². The number of halogens is 1. The highest BCUT2D eigenvalue weighted by molar-refractivity contribution is 7.18. The molecule has 2 heterocycles. The van der Waals surface area contributed by atoms with E-state index in [4.69, 9.17) is 11.0 Å². The zero-order chi connectivity index (χ0) is 22.0. The standard InChI is InChI=1S/C24H20FN3O2S/c25-21-10-17(7-8-18(21)12-26)20-11-22(24(30)28-9-1-2-19(27)13-28)31-23(20)16-5-3-15(14-29)4-6-16/h3-8,10-11,14,19H,1-2,9,13,27H2. The van der Waals surface area contributed by atoms with Crippen molar-refractivity contribution in [2.75, 3.05) is 13.1 Å². The van der Waals surface area contributed by atoms with Crippen LogP contribution < -0.4 is 5.73 Å². The Kier molecular flexibility index (Phi) is 5.94. The maximum atomic E-state index is 14.3. The summed E-state index contributed by atoms with van der Waals surface area (Å²) in [6.45, 7) is 1.18. The zero-order valence-electron chi connectivity index (χ0n) is 16.7. The minimum atomic E-state index is -0.608. The predicted octanol–water partition coefficient (Wildman–Crippen LogP) is 4.47. The van der Waals surface area contributed by atoms with Crippen LogP contribution in [-0.2, 0) is 0 Å². The Balaban J connectivity index is 1.79. The molecule has 1 fully saturated rings. The minimum absolute atomic E-state index is 0.0277. The Labute approximate surface area is 183 Å². The Bertz CT molecular complexity index is 1180. The number of piperidine rings is 1. The molecule has 0 radical (unpaired) electrons. The first kappa shape index (κ1) is 20.9. The number of carbonyl (C=O) groups is 2. The van der Waals surface area contributed by atoms with Crippen molar-refractivity contribution in [3.05, 3.63) is 70.4 Å². The van der Waals surface area contributed by atoms with E-state index in [1.807, 2.05) is 18.2 Å². The molecular weight excluding hydrogens is 413 g/mol. The molecule has 1 aromatic heterocycles. The van der Waals surface area contributed by atoms with Crippen LogP contribution in [-0.4, -0.2) is 36.2 Å². The van der Waals surface area contributed by atoms with Crippen molar-refractivity contribution in [1.29, 1.82) is 5.26 Å². The smallest absolute Gasteiger partial charge is 0.264 e. The molecule has 0 saturated carbocycles. The Hall–Kier alpha value is -3.34. The molecule has 0 bridgehead atoms. The Morgan fingerprint density at radius 2 is 1.94 bits per heavy atom. The van der Waals surface area contributed by atoms with Crippen LogP contribution in [0.3, 0.4) is 0 Å². The van der Waals surface area contributed by atoms with Gasteiger partial charge in [0.2, 0.25) is 0 Å². The van der Waals surface area contributed by atoms with E-state index in [2.05, 4.69) is 0 Å². The molecule has 2 N–H and O–H groups in total. The van der Waals surface area contributed by atoms with Crippen LogP contribution in [0.1, 0.15) is 38.4 Å². The summed E-state index contributed by atoms with van der Waals surface area (Å²) in [6, 6.07) is 15.0. The number of benzene rings is 2. The average Bonchev–Trinajstić information content (AvgIpc) is 3.24. The summed E-state index contributed by atoms with van der Waals surface area (Å²) in [5.41, 5.74) is 8.67. The molecule has 1 aliphatic rings. The van der Waals surface area contributed by atoms with Gasteiger partial charge in [0.25, 0.3) is 5.91 Å².